The fraction of sp³-hybridized carbons (Fsp3) is 0.435. The van der Waals surface area contributed by atoms with Gasteiger partial charge in [-0.25, -0.2) is 0 Å². The molecule has 5 N–H and O–H groups in total. The van der Waals surface area contributed by atoms with Gasteiger partial charge in [0.15, 0.2) is 17.2 Å². The zero-order chi connectivity index (χ0) is 23.9. The van der Waals surface area contributed by atoms with Crippen molar-refractivity contribution < 1.29 is 39.9 Å². The maximum Gasteiger partial charge on any atom is 0.202 e. The van der Waals surface area contributed by atoms with Gasteiger partial charge in [0.1, 0.15) is 22.8 Å². The smallest absolute Gasteiger partial charge is 0.202 e. The van der Waals surface area contributed by atoms with Gasteiger partial charge in [-0.15, -0.1) is 0 Å². The fourth-order valence-corrected chi connectivity index (χ4v) is 5.60. The summed E-state index contributed by atoms with van der Waals surface area (Å²) in [6.45, 7) is 2.47. The highest BCUT2D eigenvalue weighted by molar-refractivity contribution is 6.25. The van der Waals surface area contributed by atoms with Crippen molar-refractivity contribution in [2.24, 2.45) is 11.8 Å². The number of nitrogens with zero attached hydrogens (tertiary/aromatic N) is 1. The summed E-state index contributed by atoms with van der Waals surface area (Å²) in [5, 5.41) is 55.1. The number of carbonyl (C=O) groups is 3. The molecule has 3 aliphatic carbocycles. The van der Waals surface area contributed by atoms with Gasteiger partial charge < -0.3 is 25.5 Å². The van der Waals surface area contributed by atoms with E-state index >= 15 is 0 Å². The van der Waals surface area contributed by atoms with Gasteiger partial charge >= 0.3 is 0 Å². The predicted octanol–water partition coefficient (Wildman–Crippen LogP) is 0.733. The van der Waals surface area contributed by atoms with Crippen molar-refractivity contribution >= 4 is 23.1 Å². The van der Waals surface area contributed by atoms with Crippen molar-refractivity contribution in [3.63, 3.8) is 0 Å². The number of likely N-dealkylation sites (N-methyl/N-ethyl adjacent to an activating group) is 1. The molecule has 0 heterocycles. The van der Waals surface area contributed by atoms with Crippen LogP contribution in [0.25, 0.3) is 5.76 Å². The number of aromatic hydroxyl groups is 1. The molecule has 170 valence electrons. The van der Waals surface area contributed by atoms with Crippen LogP contribution in [0.2, 0.25) is 0 Å². The lowest BCUT2D eigenvalue weighted by Crippen LogP contribution is -2.66. The van der Waals surface area contributed by atoms with Gasteiger partial charge in [0.2, 0.25) is 5.78 Å². The summed E-state index contributed by atoms with van der Waals surface area (Å²) >= 11 is 0. The van der Waals surface area contributed by atoms with E-state index in [1.165, 1.54) is 30.0 Å². The molecule has 9 nitrogen and oxygen atoms in total. The van der Waals surface area contributed by atoms with Gasteiger partial charge in [-0.1, -0.05) is 12.1 Å². The van der Waals surface area contributed by atoms with Crippen LogP contribution in [-0.2, 0) is 20.0 Å². The van der Waals surface area contributed by atoms with Crippen LogP contribution in [0, 0.1) is 11.8 Å². The zero-order valence-electron chi connectivity index (χ0n) is 18.1. The second-order valence-corrected chi connectivity index (χ2v) is 9.15. The molecule has 0 aromatic heterocycles. The third-order valence-corrected chi connectivity index (χ3v) is 7.13. The fourth-order valence-electron chi connectivity index (χ4n) is 5.60. The standard InChI is InChI=1S/C23H25NO8/c1-9(25)14-19(28)17(24(3)4)12-8-11-16(21(30)23(12,32)20(14)29)18(27)15-10(22(11,2)31)6-5-7-13(15)26/h5-7,11-12,17,26-27,29,31-32H,8H2,1-4H3/t11-,12-,17-,22-,23+/m0/s1. The molecule has 1 fully saturated rings. The van der Waals surface area contributed by atoms with Crippen LogP contribution >= 0.6 is 0 Å². The van der Waals surface area contributed by atoms with Gasteiger partial charge in [-0.3, -0.25) is 19.3 Å². The lowest BCUT2D eigenvalue weighted by Gasteiger charge is -2.53. The third-order valence-electron chi connectivity index (χ3n) is 7.13. The van der Waals surface area contributed by atoms with Crippen molar-refractivity contribution in [3.8, 4) is 5.75 Å². The van der Waals surface area contributed by atoms with Crippen molar-refractivity contribution in [2.75, 3.05) is 14.1 Å². The first-order valence-electron chi connectivity index (χ1n) is 10.2. The minimum absolute atomic E-state index is 0.148. The summed E-state index contributed by atoms with van der Waals surface area (Å²) in [5.41, 5.74) is -5.40. The molecule has 4 rings (SSSR count). The Hall–Kier alpha value is -3.01. The number of aliphatic hydroxyl groups is 4. The summed E-state index contributed by atoms with van der Waals surface area (Å²) in [5.74, 6) is -6.95. The van der Waals surface area contributed by atoms with Gasteiger partial charge in [-0.2, -0.15) is 0 Å². The Balaban J connectivity index is 2.05. The Labute approximate surface area is 183 Å². The molecule has 0 radical (unpaired) electrons. The number of hydrogen-bond donors (Lipinski definition) is 5. The molecular formula is C23H25NO8. The number of Topliss-reactive ketones (excluding diaryl/α,β-unsaturated/α-hetero) is 3. The number of carbonyl (C=O) groups excluding carboxylic acids is 3. The van der Waals surface area contributed by atoms with Crippen LogP contribution < -0.4 is 0 Å². The Morgan fingerprint density at radius 3 is 2.31 bits per heavy atom. The first kappa shape index (κ1) is 22.2. The van der Waals surface area contributed by atoms with Gasteiger partial charge in [0, 0.05) is 17.4 Å². The van der Waals surface area contributed by atoms with Gasteiger partial charge in [-0.05, 0) is 46.0 Å². The number of phenolic OH excluding ortho intramolecular Hbond substituents is 1. The Morgan fingerprint density at radius 2 is 1.75 bits per heavy atom. The van der Waals surface area contributed by atoms with Crippen LogP contribution in [0.15, 0.2) is 35.1 Å². The molecule has 1 aromatic carbocycles. The van der Waals surface area contributed by atoms with Crippen molar-refractivity contribution in [1.82, 2.24) is 4.90 Å². The van der Waals surface area contributed by atoms with Crippen LogP contribution in [-0.4, -0.2) is 73.5 Å². The number of phenols is 1. The van der Waals surface area contributed by atoms with E-state index in [1.54, 1.807) is 14.1 Å². The van der Waals surface area contributed by atoms with E-state index < -0.39 is 63.5 Å². The molecule has 0 bridgehead atoms. The van der Waals surface area contributed by atoms with E-state index in [0.29, 0.717) is 0 Å². The monoisotopic (exact) mass is 443 g/mol. The van der Waals surface area contributed by atoms with Crippen molar-refractivity contribution in [1.29, 1.82) is 0 Å². The molecule has 0 spiro atoms. The Bertz CT molecular complexity index is 1140. The van der Waals surface area contributed by atoms with E-state index in [4.69, 9.17) is 0 Å². The molecule has 32 heavy (non-hydrogen) atoms. The molecule has 5 atom stereocenters. The maximum atomic E-state index is 13.7. The minimum atomic E-state index is -2.67. The second-order valence-electron chi connectivity index (χ2n) is 9.15. The van der Waals surface area contributed by atoms with E-state index in [2.05, 4.69) is 0 Å². The van der Waals surface area contributed by atoms with Gasteiger partial charge in [0.05, 0.1) is 17.2 Å². The summed E-state index contributed by atoms with van der Waals surface area (Å²) in [6.07, 6.45) is -0.159. The Kier molecular flexibility index (Phi) is 4.68. The lowest BCUT2D eigenvalue weighted by atomic mass is 9.54. The lowest BCUT2D eigenvalue weighted by molar-refractivity contribution is -0.159. The molecule has 0 unspecified atom stereocenters. The number of hydrogen-bond acceptors (Lipinski definition) is 9. The van der Waals surface area contributed by atoms with E-state index in [1.807, 2.05) is 0 Å². The van der Waals surface area contributed by atoms with Crippen LogP contribution in [0.4, 0.5) is 0 Å². The molecule has 0 saturated heterocycles. The molecule has 1 saturated carbocycles. The maximum absolute atomic E-state index is 13.7. The number of benzene rings is 1. The van der Waals surface area contributed by atoms with Crippen LogP contribution in [0.3, 0.4) is 0 Å². The minimum Gasteiger partial charge on any atom is -0.508 e. The highest BCUT2D eigenvalue weighted by atomic mass is 16.3. The van der Waals surface area contributed by atoms with Crippen molar-refractivity contribution in [3.05, 3.63) is 46.2 Å². The number of fused-ring (bicyclic) bond motifs is 3. The van der Waals surface area contributed by atoms with Gasteiger partial charge in [0.25, 0.3) is 0 Å². The number of aliphatic hydroxyl groups excluding tert-OH is 2. The number of ketones is 3. The molecular weight excluding hydrogens is 418 g/mol. The van der Waals surface area contributed by atoms with Crippen LogP contribution in [0.1, 0.15) is 31.4 Å². The summed E-state index contributed by atoms with van der Waals surface area (Å²) in [4.78, 5) is 40.4. The van der Waals surface area contributed by atoms with Crippen molar-refractivity contribution in [2.45, 2.75) is 37.5 Å². The quantitative estimate of drug-likeness (QED) is 0.416. The second kappa shape index (κ2) is 6.74. The molecule has 9 heteroatoms. The average Bonchev–Trinajstić information content (AvgIpc) is 2.68. The third kappa shape index (κ3) is 2.52. The summed E-state index contributed by atoms with van der Waals surface area (Å²) in [6, 6.07) is 3.14. The number of rotatable bonds is 2. The first-order chi connectivity index (χ1) is 14.8. The molecule has 1 aromatic rings. The average molecular weight is 443 g/mol. The largest absolute Gasteiger partial charge is 0.508 e. The van der Waals surface area contributed by atoms with E-state index in [0.717, 1.165) is 6.92 Å². The topological polar surface area (TPSA) is 156 Å². The zero-order valence-corrected chi connectivity index (χ0v) is 18.1. The highest BCUT2D eigenvalue weighted by Gasteiger charge is 2.66. The first-order valence-corrected chi connectivity index (χ1v) is 10.2. The summed E-state index contributed by atoms with van der Waals surface area (Å²) in [7, 11) is 3.09. The molecule has 0 aliphatic heterocycles. The summed E-state index contributed by atoms with van der Waals surface area (Å²) < 4.78 is 0. The van der Waals surface area contributed by atoms with E-state index in [-0.39, 0.29) is 28.9 Å². The van der Waals surface area contributed by atoms with E-state index in [9.17, 15) is 39.9 Å². The van der Waals surface area contributed by atoms with Crippen LogP contribution in [0.5, 0.6) is 5.75 Å². The SMILES string of the molecule is CC(=O)C1=C(O)[C@@]2(O)C(=O)C3=C(O)c4c(O)cccc4[C@](C)(O)[C@H]3C[C@H]2[C@H](N(C)C)C1=O. The molecule has 0 amide bonds. The highest BCUT2D eigenvalue weighted by Crippen LogP contribution is 2.57. The Morgan fingerprint density at radius 1 is 1.12 bits per heavy atom. The normalized spacial score (nSPS) is 34.4. The predicted molar refractivity (Wildman–Crippen MR) is 112 cm³/mol. The molecule has 3 aliphatic rings.